The van der Waals surface area contributed by atoms with E-state index in [0.717, 1.165) is 33.2 Å². The Balaban J connectivity index is 1.62. The monoisotopic (exact) mass is 515 g/mol. The van der Waals surface area contributed by atoms with Crippen molar-refractivity contribution in [3.8, 4) is 0 Å². The van der Waals surface area contributed by atoms with E-state index in [1.165, 1.54) is 0 Å². The molecule has 2 aromatic carbocycles. The molecule has 1 unspecified atom stereocenters. The number of nitrogens with one attached hydrogen (secondary N) is 2. The van der Waals surface area contributed by atoms with Crippen LogP contribution in [0.5, 0.6) is 0 Å². The fourth-order valence-corrected chi connectivity index (χ4v) is 4.62. The standard InChI is InChI=1S/C29H33N5O4/c1-18-14-31-33(15-18)17-21-8-9-22(6-5-7-27(35)36)25(12-21)32-28(37)20(3)34-16-19(2)24-11-10-23(13-26(24)34)29(38)30-4/h8-16,20H,5-7,17H2,1-4H3,(H,30,38)(H,32,37)(H,35,36). The van der Waals surface area contributed by atoms with Gasteiger partial charge in [0.1, 0.15) is 6.04 Å². The van der Waals surface area contributed by atoms with E-state index in [1.54, 1.807) is 25.4 Å². The first kappa shape index (κ1) is 26.7. The van der Waals surface area contributed by atoms with E-state index in [4.69, 9.17) is 5.11 Å². The number of hydrogen-bond acceptors (Lipinski definition) is 4. The number of hydrogen-bond donors (Lipinski definition) is 3. The Labute approximate surface area is 221 Å². The molecule has 2 amide bonds. The summed E-state index contributed by atoms with van der Waals surface area (Å²) < 4.78 is 3.72. The molecule has 3 N–H and O–H groups in total. The second kappa shape index (κ2) is 11.3. The predicted molar refractivity (Wildman–Crippen MR) is 146 cm³/mol. The summed E-state index contributed by atoms with van der Waals surface area (Å²) in [5.41, 5.74) is 5.90. The first-order valence-electron chi connectivity index (χ1n) is 12.6. The third-order valence-corrected chi connectivity index (χ3v) is 6.70. The summed E-state index contributed by atoms with van der Waals surface area (Å²) in [6.07, 6.45) is 6.72. The molecule has 0 fully saturated rings. The third kappa shape index (κ3) is 5.94. The highest BCUT2D eigenvalue weighted by molar-refractivity contribution is 6.00. The molecule has 0 saturated carbocycles. The highest BCUT2D eigenvalue weighted by Crippen LogP contribution is 2.27. The van der Waals surface area contributed by atoms with Gasteiger partial charge in [0.25, 0.3) is 5.91 Å². The summed E-state index contributed by atoms with van der Waals surface area (Å²) in [6.45, 7) is 6.32. The maximum absolute atomic E-state index is 13.5. The number of carboxylic acids is 1. The molecule has 0 aliphatic carbocycles. The van der Waals surface area contributed by atoms with Crippen LogP contribution in [-0.2, 0) is 22.6 Å². The van der Waals surface area contributed by atoms with Crippen LogP contribution in [0.15, 0.2) is 55.0 Å². The van der Waals surface area contributed by atoms with E-state index in [0.29, 0.717) is 30.6 Å². The zero-order valence-corrected chi connectivity index (χ0v) is 22.1. The summed E-state index contributed by atoms with van der Waals surface area (Å²) in [7, 11) is 1.59. The summed E-state index contributed by atoms with van der Waals surface area (Å²) in [5.74, 6) is -1.25. The Bertz CT molecular complexity index is 1500. The van der Waals surface area contributed by atoms with Gasteiger partial charge in [0.05, 0.1) is 12.7 Å². The van der Waals surface area contributed by atoms with Crippen LogP contribution in [0.1, 0.15) is 58.4 Å². The molecule has 9 nitrogen and oxygen atoms in total. The molecule has 0 radical (unpaired) electrons. The molecule has 0 aliphatic rings. The molecule has 0 spiro atoms. The van der Waals surface area contributed by atoms with E-state index < -0.39 is 12.0 Å². The van der Waals surface area contributed by atoms with E-state index >= 15 is 0 Å². The maximum atomic E-state index is 13.5. The Morgan fingerprint density at radius 3 is 2.55 bits per heavy atom. The quantitative estimate of drug-likeness (QED) is 0.288. The average molecular weight is 516 g/mol. The molecule has 0 bridgehead atoms. The topological polar surface area (TPSA) is 118 Å². The van der Waals surface area contributed by atoms with E-state index in [-0.39, 0.29) is 18.2 Å². The van der Waals surface area contributed by atoms with Gasteiger partial charge in [-0.1, -0.05) is 18.2 Å². The third-order valence-electron chi connectivity index (χ3n) is 6.70. The van der Waals surface area contributed by atoms with Crippen LogP contribution in [0, 0.1) is 13.8 Å². The Morgan fingerprint density at radius 1 is 1.08 bits per heavy atom. The number of carboxylic acid groups (broad SMARTS) is 1. The van der Waals surface area contributed by atoms with Gasteiger partial charge in [0.2, 0.25) is 5.91 Å². The number of aliphatic carboxylic acids is 1. The Morgan fingerprint density at radius 2 is 1.87 bits per heavy atom. The lowest BCUT2D eigenvalue weighted by Gasteiger charge is -2.18. The van der Waals surface area contributed by atoms with Crippen molar-refractivity contribution in [3.63, 3.8) is 0 Å². The van der Waals surface area contributed by atoms with Crippen molar-refractivity contribution < 1.29 is 19.5 Å². The normalized spacial score (nSPS) is 11.9. The van der Waals surface area contributed by atoms with E-state index in [2.05, 4.69) is 15.7 Å². The van der Waals surface area contributed by atoms with Crippen LogP contribution >= 0.6 is 0 Å². The molecular formula is C29H33N5O4. The molecule has 0 saturated heterocycles. The van der Waals surface area contributed by atoms with Gasteiger partial charge >= 0.3 is 5.97 Å². The largest absolute Gasteiger partial charge is 0.481 e. The van der Waals surface area contributed by atoms with Crippen molar-refractivity contribution >= 4 is 34.4 Å². The van der Waals surface area contributed by atoms with Crippen molar-refractivity contribution in [3.05, 3.63) is 82.8 Å². The number of benzene rings is 2. The number of rotatable bonds is 10. The number of aryl methyl sites for hydroxylation is 3. The van der Waals surface area contributed by atoms with Gasteiger partial charge in [0, 0.05) is 48.0 Å². The number of carbonyl (C=O) groups is 3. The van der Waals surface area contributed by atoms with Crippen molar-refractivity contribution in [2.24, 2.45) is 0 Å². The number of anilines is 1. The molecule has 2 aromatic heterocycles. The second-order valence-electron chi connectivity index (χ2n) is 9.65. The summed E-state index contributed by atoms with van der Waals surface area (Å²) in [6, 6.07) is 10.8. The van der Waals surface area contributed by atoms with Gasteiger partial charge in [-0.05, 0) is 74.1 Å². The number of amides is 2. The average Bonchev–Trinajstić information content (AvgIpc) is 3.45. The lowest BCUT2D eigenvalue weighted by Crippen LogP contribution is -2.24. The summed E-state index contributed by atoms with van der Waals surface area (Å²) in [4.78, 5) is 36.8. The lowest BCUT2D eigenvalue weighted by molar-refractivity contribution is -0.137. The van der Waals surface area contributed by atoms with Gasteiger partial charge in [-0.15, -0.1) is 0 Å². The lowest BCUT2D eigenvalue weighted by atomic mass is 10.0. The molecule has 4 aromatic rings. The molecular weight excluding hydrogens is 482 g/mol. The number of nitrogens with zero attached hydrogens (tertiary/aromatic N) is 3. The molecule has 4 rings (SSSR count). The van der Waals surface area contributed by atoms with E-state index in [1.807, 2.05) is 66.7 Å². The van der Waals surface area contributed by atoms with E-state index in [9.17, 15) is 14.4 Å². The Kier molecular flexibility index (Phi) is 7.95. The van der Waals surface area contributed by atoms with Crippen molar-refractivity contribution in [2.75, 3.05) is 12.4 Å². The molecule has 38 heavy (non-hydrogen) atoms. The van der Waals surface area contributed by atoms with Crippen LogP contribution < -0.4 is 10.6 Å². The minimum atomic E-state index is -0.846. The Hall–Kier alpha value is -4.40. The molecule has 9 heteroatoms. The van der Waals surface area contributed by atoms with Crippen molar-refractivity contribution in [1.29, 1.82) is 0 Å². The second-order valence-corrected chi connectivity index (χ2v) is 9.65. The fourth-order valence-electron chi connectivity index (χ4n) is 4.62. The van der Waals surface area contributed by atoms with Crippen LogP contribution in [0.2, 0.25) is 0 Å². The van der Waals surface area contributed by atoms with Crippen molar-refractivity contribution in [2.45, 2.75) is 52.6 Å². The van der Waals surface area contributed by atoms with Gasteiger partial charge in [-0.2, -0.15) is 5.10 Å². The van der Waals surface area contributed by atoms with Crippen LogP contribution in [0.4, 0.5) is 5.69 Å². The minimum Gasteiger partial charge on any atom is -0.481 e. The smallest absolute Gasteiger partial charge is 0.303 e. The van der Waals surface area contributed by atoms with Gasteiger partial charge in [0.15, 0.2) is 0 Å². The fraction of sp³-hybridized carbons (Fsp3) is 0.310. The maximum Gasteiger partial charge on any atom is 0.303 e. The SMILES string of the molecule is CNC(=O)c1ccc2c(C)cn(C(C)C(=O)Nc3cc(Cn4cc(C)cn4)ccc3CCCC(=O)O)c2c1. The number of aromatic nitrogens is 3. The highest BCUT2D eigenvalue weighted by Gasteiger charge is 2.20. The molecule has 1 atom stereocenters. The molecule has 2 heterocycles. The number of fused-ring (bicyclic) bond motifs is 1. The van der Waals surface area contributed by atoms with Gasteiger partial charge in [-0.3, -0.25) is 19.1 Å². The first-order valence-corrected chi connectivity index (χ1v) is 12.6. The summed E-state index contributed by atoms with van der Waals surface area (Å²) >= 11 is 0. The summed E-state index contributed by atoms with van der Waals surface area (Å²) in [5, 5.41) is 20.1. The first-order chi connectivity index (χ1) is 18.2. The zero-order chi connectivity index (χ0) is 27.4. The van der Waals surface area contributed by atoms with Crippen molar-refractivity contribution in [1.82, 2.24) is 19.7 Å². The predicted octanol–water partition coefficient (Wildman–Crippen LogP) is 4.47. The zero-order valence-electron chi connectivity index (χ0n) is 22.1. The van der Waals surface area contributed by atoms with Crippen LogP contribution in [0.3, 0.4) is 0 Å². The van der Waals surface area contributed by atoms with Gasteiger partial charge in [-0.25, -0.2) is 0 Å². The number of carbonyl (C=O) groups excluding carboxylic acids is 2. The minimum absolute atomic E-state index is 0.0560. The molecule has 0 aliphatic heterocycles. The highest BCUT2D eigenvalue weighted by atomic mass is 16.4. The molecule has 198 valence electrons. The van der Waals surface area contributed by atoms with Crippen LogP contribution in [0.25, 0.3) is 10.9 Å². The van der Waals surface area contributed by atoms with Gasteiger partial charge < -0.3 is 20.3 Å². The van der Waals surface area contributed by atoms with Crippen LogP contribution in [-0.4, -0.2) is 44.3 Å².